The van der Waals surface area contributed by atoms with Crippen molar-refractivity contribution in [3.05, 3.63) is 79.5 Å². The summed E-state index contributed by atoms with van der Waals surface area (Å²) in [5.41, 5.74) is 20.3. The minimum atomic E-state index is -1.08. The zero-order valence-electron chi connectivity index (χ0n) is 36.5. The van der Waals surface area contributed by atoms with Gasteiger partial charge in [-0.2, -0.15) is 0 Å². The number of carboxylic acids is 1. The van der Waals surface area contributed by atoms with Crippen LogP contribution in [0.25, 0.3) is 32.0 Å². The van der Waals surface area contributed by atoms with E-state index in [1.165, 1.54) is 11.8 Å². The highest BCUT2D eigenvalue weighted by Gasteiger charge is 2.31. The number of nitrogens with one attached hydrogen (secondary N) is 3. The summed E-state index contributed by atoms with van der Waals surface area (Å²) in [4.78, 5) is 68.8. The number of carbonyl (C=O) groups is 5. The lowest BCUT2D eigenvalue weighted by Crippen LogP contribution is -2.39. The molecule has 0 heterocycles. The number of aliphatic carboxylic acids is 1. The van der Waals surface area contributed by atoms with Crippen LogP contribution in [-0.2, 0) is 47.5 Å². The van der Waals surface area contributed by atoms with Gasteiger partial charge >= 0.3 is 18.0 Å². The molecule has 0 unspecified atom stereocenters. The second kappa shape index (κ2) is 32.6. The first-order valence-electron chi connectivity index (χ1n) is 21.0. The third-order valence-corrected chi connectivity index (χ3v) is 9.17. The Hall–Kier alpha value is -6.07. The standard InChI is InChI=1S/C41H58N10O14/c1-30(52)64-17-12-51(28-38(53)54)11-6-46-41(57)65-29-37-35-26-31(39(55)44-7-13-58-18-22-62-24-20-60-15-9-47-49-42)2-4-33(35)34-5-3-32(27-36(34)37)40(56)45-8-14-59-19-23-63-25-21-61-16-10-48-50-43/h2-5,26-27,37H,6-25,28-29H2,1H3,(H,44,55)(H,45,56)(H,46,57)(H,53,54). The monoisotopic (exact) mass is 914 g/mol. The van der Waals surface area contributed by atoms with E-state index in [0.29, 0.717) is 88.3 Å². The van der Waals surface area contributed by atoms with Gasteiger partial charge in [-0.25, -0.2) is 4.79 Å². The first kappa shape index (κ1) is 53.3. The molecule has 0 atom stereocenters. The van der Waals surface area contributed by atoms with Crippen LogP contribution in [0.5, 0.6) is 0 Å². The number of esters is 1. The average molecular weight is 915 g/mol. The summed E-state index contributed by atoms with van der Waals surface area (Å²) in [6.45, 7) is 5.85. The van der Waals surface area contributed by atoms with E-state index in [9.17, 15) is 29.1 Å². The number of hydrogen-bond donors (Lipinski definition) is 4. The molecule has 2 aromatic rings. The van der Waals surface area contributed by atoms with E-state index < -0.39 is 23.9 Å². The molecule has 0 saturated heterocycles. The second-order valence-corrected chi connectivity index (χ2v) is 13.8. The van der Waals surface area contributed by atoms with Crippen molar-refractivity contribution in [1.29, 1.82) is 0 Å². The zero-order chi connectivity index (χ0) is 46.9. The Morgan fingerprint density at radius 2 is 1.08 bits per heavy atom. The Morgan fingerprint density at radius 3 is 1.52 bits per heavy atom. The molecular weight excluding hydrogens is 857 g/mol. The van der Waals surface area contributed by atoms with Crippen LogP contribution < -0.4 is 16.0 Å². The van der Waals surface area contributed by atoms with Crippen molar-refractivity contribution in [2.75, 3.05) is 145 Å². The molecule has 24 heteroatoms. The molecule has 0 aromatic heterocycles. The molecule has 3 rings (SSSR count). The summed E-state index contributed by atoms with van der Waals surface area (Å²) in [5.74, 6) is -2.83. The highest BCUT2D eigenvalue weighted by molar-refractivity contribution is 5.98. The number of carbonyl (C=O) groups excluding carboxylic acids is 4. The number of hydrogen-bond acceptors (Lipinski definition) is 16. The molecule has 0 radical (unpaired) electrons. The van der Waals surface area contributed by atoms with Crippen molar-refractivity contribution in [1.82, 2.24) is 20.9 Å². The lowest BCUT2D eigenvalue weighted by atomic mass is 9.95. The maximum Gasteiger partial charge on any atom is 0.407 e. The van der Waals surface area contributed by atoms with Crippen LogP contribution in [0, 0.1) is 0 Å². The van der Waals surface area contributed by atoms with Gasteiger partial charge < -0.3 is 59.0 Å². The number of rotatable bonds is 36. The van der Waals surface area contributed by atoms with Crippen molar-refractivity contribution < 1.29 is 67.0 Å². The van der Waals surface area contributed by atoms with Gasteiger partial charge in [0.05, 0.1) is 85.8 Å². The molecule has 0 bridgehead atoms. The van der Waals surface area contributed by atoms with Gasteiger partial charge in [-0.15, -0.1) is 0 Å². The quantitative estimate of drug-likeness (QED) is 0.0251. The zero-order valence-corrected chi connectivity index (χ0v) is 36.5. The molecule has 0 fully saturated rings. The van der Waals surface area contributed by atoms with Crippen LogP contribution in [-0.4, -0.2) is 185 Å². The highest BCUT2D eigenvalue weighted by Crippen LogP contribution is 2.45. The van der Waals surface area contributed by atoms with Crippen molar-refractivity contribution in [3.8, 4) is 11.1 Å². The summed E-state index contributed by atoms with van der Waals surface area (Å²) in [6, 6.07) is 10.5. The van der Waals surface area contributed by atoms with Gasteiger partial charge in [0.2, 0.25) is 0 Å². The SMILES string of the molecule is CC(=O)OCCN(CCNC(=O)OCC1c2cc(C(=O)NCCOCCOCCOCCN=[N+]=[N-])ccc2-c2ccc(C(=O)NCCOCCOCCOCCN=[N+]=[N-])cc21)CC(=O)O. The molecule has 0 saturated carbocycles. The third kappa shape index (κ3) is 21.9. The van der Waals surface area contributed by atoms with Gasteiger partial charge in [-0.05, 0) is 57.6 Å². The normalized spacial score (nSPS) is 12.3. The molecule has 3 amide bonds. The van der Waals surface area contributed by atoms with Crippen LogP contribution >= 0.6 is 0 Å². The van der Waals surface area contributed by atoms with Gasteiger partial charge in [0.25, 0.3) is 11.8 Å². The minimum absolute atomic E-state index is 0.0117. The fourth-order valence-corrected chi connectivity index (χ4v) is 6.19. The smallest absolute Gasteiger partial charge is 0.407 e. The molecule has 1 aliphatic carbocycles. The molecule has 24 nitrogen and oxygen atoms in total. The van der Waals surface area contributed by atoms with E-state index in [-0.39, 0.29) is 90.6 Å². The molecule has 2 aromatic carbocycles. The van der Waals surface area contributed by atoms with Crippen LogP contribution in [0.4, 0.5) is 4.79 Å². The lowest BCUT2D eigenvalue weighted by Gasteiger charge is -2.20. The Kier molecular flexibility index (Phi) is 26.7. The predicted octanol–water partition coefficient (Wildman–Crippen LogP) is 2.65. The summed E-state index contributed by atoms with van der Waals surface area (Å²) in [6.07, 6.45) is -0.764. The number of fused-ring (bicyclic) bond motifs is 3. The number of benzene rings is 2. The summed E-state index contributed by atoms with van der Waals surface area (Å²) >= 11 is 0. The van der Waals surface area contributed by atoms with E-state index in [2.05, 4.69) is 36.0 Å². The molecule has 1 aliphatic rings. The number of ether oxygens (including phenoxy) is 8. The van der Waals surface area contributed by atoms with Gasteiger partial charge in [0, 0.05) is 79.6 Å². The summed E-state index contributed by atoms with van der Waals surface area (Å²) < 4.78 is 43.1. The van der Waals surface area contributed by atoms with E-state index in [1.54, 1.807) is 24.3 Å². The van der Waals surface area contributed by atoms with Gasteiger partial charge in [0.1, 0.15) is 13.2 Å². The van der Waals surface area contributed by atoms with Crippen molar-refractivity contribution in [2.45, 2.75) is 12.8 Å². The molecular formula is C41H58N10O14. The highest BCUT2D eigenvalue weighted by atomic mass is 16.6. The number of alkyl carbamates (subject to hydrolysis) is 1. The molecule has 0 aliphatic heterocycles. The van der Waals surface area contributed by atoms with E-state index in [1.807, 2.05) is 12.1 Å². The van der Waals surface area contributed by atoms with Gasteiger partial charge in [-0.3, -0.25) is 24.1 Å². The Balaban J connectivity index is 1.57. The molecule has 4 N–H and O–H groups in total. The second-order valence-electron chi connectivity index (χ2n) is 13.8. The van der Waals surface area contributed by atoms with Crippen LogP contribution in [0.3, 0.4) is 0 Å². The largest absolute Gasteiger partial charge is 0.480 e. The Morgan fingerprint density at radius 1 is 0.615 bits per heavy atom. The molecule has 0 spiro atoms. The van der Waals surface area contributed by atoms with Crippen LogP contribution in [0.1, 0.15) is 44.7 Å². The van der Waals surface area contributed by atoms with E-state index in [0.717, 1.165) is 11.1 Å². The Labute approximate surface area is 375 Å². The topological polar surface area (TPSA) is 316 Å². The van der Waals surface area contributed by atoms with E-state index >= 15 is 0 Å². The summed E-state index contributed by atoms with van der Waals surface area (Å²) in [5, 5.41) is 24.3. The average Bonchev–Trinajstić information content (AvgIpc) is 3.60. The van der Waals surface area contributed by atoms with Crippen molar-refractivity contribution in [3.63, 3.8) is 0 Å². The number of amides is 3. The summed E-state index contributed by atoms with van der Waals surface area (Å²) in [7, 11) is 0. The van der Waals surface area contributed by atoms with Crippen LogP contribution in [0.15, 0.2) is 46.6 Å². The predicted molar refractivity (Wildman–Crippen MR) is 231 cm³/mol. The van der Waals surface area contributed by atoms with Crippen molar-refractivity contribution >= 4 is 29.8 Å². The fourth-order valence-electron chi connectivity index (χ4n) is 6.19. The number of carboxylic acid groups (broad SMARTS) is 1. The molecule has 65 heavy (non-hydrogen) atoms. The van der Waals surface area contributed by atoms with Gasteiger partial charge in [0.15, 0.2) is 0 Å². The van der Waals surface area contributed by atoms with Crippen molar-refractivity contribution in [2.24, 2.45) is 10.2 Å². The molecule has 356 valence electrons. The Bertz CT molecular complexity index is 1810. The van der Waals surface area contributed by atoms with Crippen LogP contribution in [0.2, 0.25) is 0 Å². The first-order valence-corrected chi connectivity index (χ1v) is 21.0. The van der Waals surface area contributed by atoms with E-state index in [4.69, 9.17) is 49.0 Å². The fraction of sp³-hybridized carbons (Fsp3) is 0.585. The number of nitrogens with zero attached hydrogens (tertiary/aromatic N) is 7. The third-order valence-electron chi connectivity index (χ3n) is 9.17. The lowest BCUT2D eigenvalue weighted by molar-refractivity contribution is -0.141. The van der Waals surface area contributed by atoms with Gasteiger partial charge in [-0.1, -0.05) is 22.4 Å². The first-order chi connectivity index (χ1) is 31.6. The maximum absolute atomic E-state index is 13.3. The maximum atomic E-state index is 13.3. The minimum Gasteiger partial charge on any atom is -0.480 e. The number of azide groups is 2.